The summed E-state index contributed by atoms with van der Waals surface area (Å²) in [5.74, 6) is -0.164. The van der Waals surface area contributed by atoms with Crippen molar-refractivity contribution in [2.45, 2.75) is 43.5 Å². The van der Waals surface area contributed by atoms with Crippen LogP contribution in [-0.4, -0.2) is 86.8 Å². The molecule has 3 fully saturated rings. The zero-order valence-corrected chi connectivity index (χ0v) is 25.4. The van der Waals surface area contributed by atoms with Crippen molar-refractivity contribution in [3.05, 3.63) is 35.3 Å². The number of alkyl halides is 1. The molecule has 7 rings (SSSR count). The van der Waals surface area contributed by atoms with E-state index >= 15 is 4.39 Å². The van der Waals surface area contributed by atoms with E-state index in [2.05, 4.69) is 24.9 Å². The van der Waals surface area contributed by atoms with E-state index in [1.165, 1.54) is 34.1 Å². The normalized spacial score (nSPS) is 35.3. The Bertz CT molecular complexity index is 1910. The molecule has 0 radical (unpaired) electrons. The first-order chi connectivity index (χ1) is 20.9. The molecular formula is C20H23FN10O9P2S2. The number of halogens is 1. The Kier molecular flexibility index (Phi) is 7.56. The Morgan fingerprint density at radius 3 is 2.52 bits per heavy atom. The van der Waals surface area contributed by atoms with E-state index in [4.69, 9.17) is 62.8 Å². The average molecular weight is 693 g/mol. The number of hydrogen-bond acceptors (Lipinski definition) is 16. The predicted octanol–water partition coefficient (Wildman–Crippen LogP) is 0.266. The number of nitrogen functional groups attached to an aromatic ring is 2. The molecule has 4 aromatic heterocycles. The molecule has 3 saturated heterocycles. The summed E-state index contributed by atoms with van der Waals surface area (Å²) in [6.07, 6.45) is -3.92. The lowest BCUT2D eigenvalue weighted by atomic mass is 10.2. The lowest BCUT2D eigenvalue weighted by molar-refractivity contribution is -0.236. The lowest BCUT2D eigenvalue weighted by Gasteiger charge is -2.28. The molecule has 24 heteroatoms. The third-order valence-electron chi connectivity index (χ3n) is 6.99. The number of pyridine rings is 1. The number of aromatic amines is 1. The number of fused-ring (bicyclic) bond motifs is 5. The summed E-state index contributed by atoms with van der Waals surface area (Å²) < 4.78 is 47.1. The molecule has 0 amide bonds. The first-order valence-electron chi connectivity index (χ1n) is 12.7. The van der Waals surface area contributed by atoms with Crippen molar-refractivity contribution in [2.75, 3.05) is 24.8 Å². The number of anilines is 2. The average Bonchev–Trinajstić information content (AvgIpc) is 3.72. The van der Waals surface area contributed by atoms with Crippen molar-refractivity contribution in [3.8, 4) is 0 Å². The van der Waals surface area contributed by atoms with E-state index in [-0.39, 0.29) is 35.8 Å². The Balaban J connectivity index is 1.19. The van der Waals surface area contributed by atoms with Crippen LogP contribution in [0.2, 0.25) is 0 Å². The molecule has 0 aliphatic carbocycles. The van der Waals surface area contributed by atoms with Crippen molar-refractivity contribution >= 4 is 71.0 Å². The monoisotopic (exact) mass is 692 g/mol. The molecule has 0 saturated carbocycles. The standard InChI is InChI=1S/C20H23FN10O9P2S2/c21-11-18(29-5-25-12-9(22)1-2-24-14(12)29)38-31-7-36-42(34,44)39-10-3-8(4-35-41(33,43)40-19(11)31)37-17(10)30-6-26-13-15(30)27-20(23)28-16(13)32/h1-2,5-6,8,10-11,17-19H,3-4,7H2,(H2,22,24)(H,33,43)(H,34,44)(H3,23,27,28,32)/t8-,10-,11?,17+,18+,19+,41?,42?/m0/s1. The van der Waals surface area contributed by atoms with Crippen LogP contribution >= 0.6 is 13.4 Å². The van der Waals surface area contributed by atoms with Crippen LogP contribution in [0.1, 0.15) is 18.9 Å². The maximum absolute atomic E-state index is 16.0. The van der Waals surface area contributed by atoms with E-state index < -0.39 is 62.8 Å². The van der Waals surface area contributed by atoms with Crippen LogP contribution in [0.25, 0.3) is 22.3 Å². The molecule has 0 spiro atoms. The van der Waals surface area contributed by atoms with Gasteiger partial charge in [-0.3, -0.25) is 32.8 Å². The van der Waals surface area contributed by atoms with Crippen LogP contribution in [0.5, 0.6) is 0 Å². The Morgan fingerprint density at radius 1 is 1.00 bits per heavy atom. The predicted molar refractivity (Wildman–Crippen MR) is 155 cm³/mol. The Labute approximate surface area is 255 Å². The highest BCUT2D eigenvalue weighted by Crippen LogP contribution is 2.54. The number of nitrogens with one attached hydrogen (secondary N) is 1. The van der Waals surface area contributed by atoms with Gasteiger partial charge in [-0.1, -0.05) is 0 Å². The zero-order chi connectivity index (χ0) is 31.0. The van der Waals surface area contributed by atoms with Crippen molar-refractivity contribution in [1.82, 2.24) is 39.1 Å². The van der Waals surface area contributed by atoms with Crippen LogP contribution in [0.15, 0.2) is 29.7 Å². The molecule has 3 aliphatic heterocycles. The number of hydrogen-bond donors (Lipinski definition) is 5. The van der Waals surface area contributed by atoms with Gasteiger partial charge in [-0.25, -0.2) is 19.3 Å². The van der Waals surface area contributed by atoms with Gasteiger partial charge in [-0.2, -0.15) is 4.98 Å². The smallest absolute Gasteiger partial charge is 0.326 e. The third-order valence-corrected chi connectivity index (χ3v) is 10.1. The molecule has 8 atom stereocenters. The Morgan fingerprint density at radius 2 is 1.73 bits per heavy atom. The number of ether oxygens (including phenoxy) is 1. The second-order valence-corrected chi connectivity index (χ2v) is 15.5. The summed E-state index contributed by atoms with van der Waals surface area (Å²) in [6.45, 7) is -9.27. The summed E-state index contributed by atoms with van der Waals surface area (Å²) in [5, 5.41) is 0.862. The van der Waals surface area contributed by atoms with Crippen molar-refractivity contribution in [2.24, 2.45) is 0 Å². The molecule has 2 bridgehead atoms. The summed E-state index contributed by atoms with van der Waals surface area (Å²) >= 11 is 10.4. The second kappa shape index (κ2) is 11.1. The van der Waals surface area contributed by atoms with E-state index in [9.17, 15) is 14.6 Å². The first-order valence-corrected chi connectivity index (χ1v) is 17.9. The highest BCUT2D eigenvalue weighted by Gasteiger charge is 2.50. The first kappa shape index (κ1) is 30.1. The van der Waals surface area contributed by atoms with E-state index in [1.807, 2.05) is 0 Å². The third kappa shape index (κ3) is 5.45. The fraction of sp³-hybridized carbons (Fsp3) is 0.450. The van der Waals surface area contributed by atoms with Crippen LogP contribution in [0.3, 0.4) is 0 Å². The van der Waals surface area contributed by atoms with Gasteiger partial charge in [0.05, 0.1) is 31.1 Å². The molecule has 44 heavy (non-hydrogen) atoms. The van der Waals surface area contributed by atoms with Gasteiger partial charge >= 0.3 is 13.4 Å². The van der Waals surface area contributed by atoms with Gasteiger partial charge in [0, 0.05) is 12.6 Å². The van der Waals surface area contributed by atoms with E-state index in [1.54, 1.807) is 0 Å². The van der Waals surface area contributed by atoms with Gasteiger partial charge in [-0.15, -0.1) is 5.06 Å². The summed E-state index contributed by atoms with van der Waals surface area (Å²) in [6, 6.07) is 1.54. The SMILES string of the molecule is Nc1nc2c(ncn2[C@@H]2O[C@@H]3COP(O)(=S)O[C@@H]4C(F)[C@H](n5cnc6c(N)ccnc65)ON4COP(O)(=S)O[C@H]2C3)c(=O)[nH]1. The number of H-pyrrole nitrogens is 1. The molecule has 3 aliphatic rings. The van der Waals surface area contributed by atoms with Crippen molar-refractivity contribution < 1.29 is 41.8 Å². The zero-order valence-electron chi connectivity index (χ0n) is 22.0. The minimum absolute atomic E-state index is 0.0225. The summed E-state index contributed by atoms with van der Waals surface area (Å²) in [4.78, 5) is 59.0. The number of nitrogens with two attached hydrogens (primary N) is 2. The van der Waals surface area contributed by atoms with Crippen LogP contribution in [-0.2, 0) is 51.3 Å². The molecule has 4 aromatic rings. The van der Waals surface area contributed by atoms with Gasteiger partial charge in [-0.05, 0) is 29.7 Å². The number of rotatable bonds is 2. The number of aromatic nitrogens is 7. The molecule has 236 valence electrons. The molecule has 3 unspecified atom stereocenters. The fourth-order valence-corrected chi connectivity index (χ4v) is 7.77. The lowest BCUT2D eigenvalue weighted by Crippen LogP contribution is -2.36. The quantitative estimate of drug-likeness (QED) is 0.177. The van der Waals surface area contributed by atoms with Crippen LogP contribution in [0.4, 0.5) is 16.0 Å². The molecule has 19 nitrogen and oxygen atoms in total. The van der Waals surface area contributed by atoms with Crippen LogP contribution < -0.4 is 17.0 Å². The van der Waals surface area contributed by atoms with Crippen molar-refractivity contribution in [3.63, 3.8) is 0 Å². The van der Waals surface area contributed by atoms with Gasteiger partial charge in [0.25, 0.3) is 5.56 Å². The van der Waals surface area contributed by atoms with E-state index in [0.717, 1.165) is 5.06 Å². The largest absolute Gasteiger partial charge is 0.397 e. The van der Waals surface area contributed by atoms with Gasteiger partial charge in [0.2, 0.25) is 5.95 Å². The minimum atomic E-state index is -4.15. The van der Waals surface area contributed by atoms with Gasteiger partial charge < -0.3 is 35.0 Å². The highest BCUT2D eigenvalue weighted by atomic mass is 32.5. The Hall–Kier alpha value is -2.56. The second-order valence-electron chi connectivity index (χ2n) is 9.87. The topological polar surface area (TPSA) is 245 Å². The van der Waals surface area contributed by atoms with E-state index in [0.29, 0.717) is 11.2 Å². The van der Waals surface area contributed by atoms with Crippen molar-refractivity contribution in [1.29, 1.82) is 0 Å². The number of imidazole rings is 2. The highest BCUT2D eigenvalue weighted by molar-refractivity contribution is 8.07. The minimum Gasteiger partial charge on any atom is -0.397 e. The van der Waals surface area contributed by atoms with Gasteiger partial charge in [0.1, 0.15) is 18.4 Å². The molecule has 7 N–H and O–H groups in total. The summed E-state index contributed by atoms with van der Waals surface area (Å²) in [5.41, 5.74) is 12.0. The fourth-order valence-electron chi connectivity index (χ4n) is 5.08. The molecular weight excluding hydrogens is 669 g/mol. The summed E-state index contributed by atoms with van der Waals surface area (Å²) in [7, 11) is 0. The van der Waals surface area contributed by atoms with Crippen LogP contribution in [0, 0.1) is 0 Å². The maximum atomic E-state index is 16.0. The number of hydroxylamine groups is 2. The maximum Gasteiger partial charge on any atom is 0.326 e. The number of nitrogens with zero attached hydrogens (tertiary/aromatic N) is 7. The van der Waals surface area contributed by atoms with Gasteiger partial charge in [0.15, 0.2) is 41.7 Å². The molecule has 0 aromatic carbocycles. The molecule has 7 heterocycles.